The van der Waals surface area contributed by atoms with Crippen molar-refractivity contribution in [2.24, 2.45) is 5.73 Å². The van der Waals surface area contributed by atoms with Crippen molar-refractivity contribution >= 4 is 0 Å². The van der Waals surface area contributed by atoms with E-state index in [0.717, 1.165) is 17.9 Å². The number of hydrogen-bond donors (Lipinski definition) is 1. The van der Waals surface area contributed by atoms with Gasteiger partial charge in [-0.25, -0.2) is 0 Å². The van der Waals surface area contributed by atoms with Gasteiger partial charge in [0, 0.05) is 26.9 Å². The number of ether oxygens (including phenoxy) is 2. The van der Waals surface area contributed by atoms with Crippen LogP contribution in [0.25, 0.3) is 0 Å². The zero-order valence-electron chi connectivity index (χ0n) is 9.36. The summed E-state index contributed by atoms with van der Waals surface area (Å²) in [7, 11) is 1.68. The van der Waals surface area contributed by atoms with Crippen LogP contribution in [0.1, 0.15) is 24.0 Å². The molecule has 0 aliphatic carbocycles. The number of methoxy groups -OCH3 is 1. The third-order valence-electron chi connectivity index (χ3n) is 2.10. The molecule has 1 atom stereocenters. The number of aryl methyl sites for hydroxylation is 1. The summed E-state index contributed by atoms with van der Waals surface area (Å²) in [5, 5.41) is 0. The van der Waals surface area contributed by atoms with Gasteiger partial charge < -0.3 is 19.6 Å². The van der Waals surface area contributed by atoms with E-state index in [2.05, 4.69) is 0 Å². The lowest BCUT2D eigenvalue weighted by molar-refractivity contribution is 0.0309. The van der Waals surface area contributed by atoms with E-state index in [1.54, 1.807) is 7.11 Å². The first-order valence-electron chi connectivity index (χ1n) is 5.15. The number of hydrogen-bond acceptors (Lipinski definition) is 4. The highest BCUT2D eigenvalue weighted by atomic mass is 16.5. The Balaban J connectivity index is 2.35. The molecule has 1 aromatic heterocycles. The van der Waals surface area contributed by atoms with Gasteiger partial charge in [-0.1, -0.05) is 0 Å². The Morgan fingerprint density at radius 1 is 1.40 bits per heavy atom. The van der Waals surface area contributed by atoms with E-state index >= 15 is 0 Å². The summed E-state index contributed by atoms with van der Waals surface area (Å²) in [5.74, 6) is 1.68. The van der Waals surface area contributed by atoms with Gasteiger partial charge in [0.1, 0.15) is 17.6 Å². The van der Waals surface area contributed by atoms with Gasteiger partial charge in [0.05, 0.1) is 0 Å². The van der Waals surface area contributed by atoms with Crippen LogP contribution in [0.5, 0.6) is 0 Å². The minimum Gasteiger partial charge on any atom is -0.464 e. The maximum Gasteiger partial charge on any atom is 0.134 e. The fraction of sp³-hybridized carbons (Fsp3) is 0.636. The SMILES string of the molecule is COCCCOC(CN)c1ccc(C)o1. The summed E-state index contributed by atoms with van der Waals surface area (Å²) in [5.41, 5.74) is 5.61. The van der Waals surface area contributed by atoms with E-state index in [-0.39, 0.29) is 6.10 Å². The molecule has 2 N–H and O–H groups in total. The van der Waals surface area contributed by atoms with Crippen molar-refractivity contribution in [1.82, 2.24) is 0 Å². The summed E-state index contributed by atoms with van der Waals surface area (Å²) >= 11 is 0. The molecule has 15 heavy (non-hydrogen) atoms. The van der Waals surface area contributed by atoms with E-state index in [1.165, 1.54) is 0 Å². The van der Waals surface area contributed by atoms with Crippen molar-refractivity contribution in [3.63, 3.8) is 0 Å². The Hall–Kier alpha value is -0.840. The number of nitrogens with two attached hydrogens (primary N) is 1. The predicted octanol–water partition coefficient (Wildman–Crippen LogP) is 1.64. The molecule has 1 rings (SSSR count). The molecule has 1 unspecified atom stereocenters. The maximum atomic E-state index is 5.61. The molecule has 1 heterocycles. The highest BCUT2D eigenvalue weighted by Gasteiger charge is 2.13. The normalized spacial score (nSPS) is 13.0. The Morgan fingerprint density at radius 3 is 2.73 bits per heavy atom. The molecule has 86 valence electrons. The van der Waals surface area contributed by atoms with Gasteiger partial charge in [-0.2, -0.15) is 0 Å². The van der Waals surface area contributed by atoms with Crippen LogP contribution in [-0.4, -0.2) is 26.9 Å². The van der Waals surface area contributed by atoms with Gasteiger partial charge >= 0.3 is 0 Å². The summed E-state index contributed by atoms with van der Waals surface area (Å²) in [6.45, 7) is 3.67. The lowest BCUT2D eigenvalue weighted by Crippen LogP contribution is -2.16. The average Bonchev–Trinajstić information content (AvgIpc) is 2.65. The van der Waals surface area contributed by atoms with Crippen molar-refractivity contribution in [3.05, 3.63) is 23.7 Å². The Labute approximate surface area is 90.3 Å². The molecule has 4 heteroatoms. The molecule has 0 fully saturated rings. The lowest BCUT2D eigenvalue weighted by atomic mass is 10.3. The third-order valence-corrected chi connectivity index (χ3v) is 2.10. The zero-order chi connectivity index (χ0) is 11.1. The molecule has 0 bridgehead atoms. The Bertz CT molecular complexity index is 273. The maximum absolute atomic E-state index is 5.61. The molecule has 0 saturated heterocycles. The van der Waals surface area contributed by atoms with Crippen LogP contribution in [0, 0.1) is 6.92 Å². The molecule has 0 aromatic carbocycles. The fourth-order valence-corrected chi connectivity index (χ4v) is 1.32. The van der Waals surface area contributed by atoms with Crippen molar-refractivity contribution in [1.29, 1.82) is 0 Å². The number of furan rings is 1. The van der Waals surface area contributed by atoms with Crippen molar-refractivity contribution < 1.29 is 13.9 Å². The van der Waals surface area contributed by atoms with Crippen molar-refractivity contribution in [3.8, 4) is 0 Å². The average molecular weight is 213 g/mol. The van der Waals surface area contributed by atoms with Crippen molar-refractivity contribution in [2.75, 3.05) is 26.9 Å². The van der Waals surface area contributed by atoms with E-state index in [4.69, 9.17) is 19.6 Å². The van der Waals surface area contributed by atoms with Crippen LogP contribution in [0.3, 0.4) is 0 Å². The number of rotatable bonds is 7. The predicted molar refractivity (Wildman–Crippen MR) is 57.7 cm³/mol. The van der Waals surface area contributed by atoms with E-state index < -0.39 is 0 Å². The van der Waals surface area contributed by atoms with Crippen LogP contribution in [0.15, 0.2) is 16.5 Å². The topological polar surface area (TPSA) is 57.6 Å². The summed E-state index contributed by atoms with van der Waals surface area (Å²) in [6.07, 6.45) is 0.725. The summed E-state index contributed by atoms with van der Waals surface area (Å²) in [6, 6.07) is 3.82. The van der Waals surface area contributed by atoms with E-state index in [0.29, 0.717) is 19.8 Å². The third kappa shape index (κ3) is 4.03. The molecular formula is C11H19NO3. The lowest BCUT2D eigenvalue weighted by Gasteiger charge is -2.13. The van der Waals surface area contributed by atoms with Crippen LogP contribution in [-0.2, 0) is 9.47 Å². The second-order valence-corrected chi connectivity index (χ2v) is 3.39. The largest absolute Gasteiger partial charge is 0.464 e. The zero-order valence-corrected chi connectivity index (χ0v) is 9.36. The van der Waals surface area contributed by atoms with Crippen LogP contribution >= 0.6 is 0 Å². The van der Waals surface area contributed by atoms with Crippen LogP contribution in [0.4, 0.5) is 0 Å². The minimum absolute atomic E-state index is 0.143. The van der Waals surface area contributed by atoms with Gasteiger partial charge in [0.15, 0.2) is 0 Å². The standard InChI is InChI=1S/C11H19NO3/c1-9-4-5-10(15-9)11(8-12)14-7-3-6-13-2/h4-5,11H,3,6-8,12H2,1-2H3. The Kier molecular flexibility index (Phi) is 5.39. The molecule has 0 radical (unpaired) electrons. The molecule has 0 saturated carbocycles. The summed E-state index contributed by atoms with van der Waals surface area (Å²) in [4.78, 5) is 0. The van der Waals surface area contributed by atoms with Crippen molar-refractivity contribution in [2.45, 2.75) is 19.4 Å². The summed E-state index contributed by atoms with van der Waals surface area (Å²) < 4.78 is 16.0. The quantitative estimate of drug-likeness (QED) is 0.699. The van der Waals surface area contributed by atoms with Gasteiger partial charge in [-0.05, 0) is 25.5 Å². The van der Waals surface area contributed by atoms with Gasteiger partial charge in [-0.3, -0.25) is 0 Å². The molecule has 0 amide bonds. The second-order valence-electron chi connectivity index (χ2n) is 3.39. The Morgan fingerprint density at radius 2 is 2.20 bits per heavy atom. The van der Waals surface area contributed by atoms with Gasteiger partial charge in [0.25, 0.3) is 0 Å². The first-order chi connectivity index (χ1) is 7.27. The molecule has 4 nitrogen and oxygen atoms in total. The molecule has 0 aliphatic rings. The fourth-order valence-electron chi connectivity index (χ4n) is 1.32. The van der Waals surface area contributed by atoms with Gasteiger partial charge in [0.2, 0.25) is 0 Å². The van der Waals surface area contributed by atoms with Gasteiger partial charge in [-0.15, -0.1) is 0 Å². The molecule has 0 spiro atoms. The monoisotopic (exact) mass is 213 g/mol. The smallest absolute Gasteiger partial charge is 0.134 e. The molecular weight excluding hydrogens is 194 g/mol. The van der Waals surface area contributed by atoms with Crippen LogP contribution < -0.4 is 5.73 Å². The minimum atomic E-state index is -0.143. The van der Waals surface area contributed by atoms with E-state index in [9.17, 15) is 0 Å². The van der Waals surface area contributed by atoms with Crippen LogP contribution in [0.2, 0.25) is 0 Å². The van der Waals surface area contributed by atoms with E-state index in [1.807, 2.05) is 19.1 Å². The highest BCUT2D eigenvalue weighted by Crippen LogP contribution is 2.18. The second kappa shape index (κ2) is 6.61. The molecule has 1 aromatic rings. The molecule has 0 aliphatic heterocycles. The first-order valence-corrected chi connectivity index (χ1v) is 5.15. The highest BCUT2D eigenvalue weighted by molar-refractivity contribution is 5.08. The first kappa shape index (κ1) is 12.2.